The highest BCUT2D eigenvalue weighted by Gasteiger charge is 2.18. The van der Waals surface area contributed by atoms with Crippen LogP contribution in [0.15, 0.2) is 42.9 Å². The Morgan fingerprint density at radius 2 is 2.21 bits per heavy atom. The van der Waals surface area contributed by atoms with Crippen molar-refractivity contribution in [1.29, 1.82) is 5.26 Å². The van der Waals surface area contributed by atoms with E-state index in [-0.39, 0.29) is 6.61 Å². The minimum Gasteiger partial charge on any atom is -0.492 e. The maximum Gasteiger partial charge on any atom is 0.227 e. The molecule has 1 aliphatic carbocycles. The second-order valence-corrected chi connectivity index (χ2v) is 7.04. The molecule has 8 nitrogen and oxygen atoms in total. The zero-order chi connectivity index (χ0) is 20.1. The molecule has 0 atom stereocenters. The molecule has 0 bridgehead atoms. The summed E-state index contributed by atoms with van der Waals surface area (Å²) in [5.41, 5.74) is 2.75. The molecule has 29 heavy (non-hydrogen) atoms. The largest absolute Gasteiger partial charge is 0.492 e. The van der Waals surface area contributed by atoms with Gasteiger partial charge in [-0.05, 0) is 43.0 Å². The van der Waals surface area contributed by atoms with Crippen LogP contribution in [0.1, 0.15) is 24.8 Å². The van der Waals surface area contributed by atoms with Gasteiger partial charge in [0, 0.05) is 18.0 Å². The van der Waals surface area contributed by atoms with Gasteiger partial charge in [-0.15, -0.1) is 0 Å². The Kier molecular flexibility index (Phi) is 5.68. The first-order chi connectivity index (χ1) is 14.2. The van der Waals surface area contributed by atoms with Crippen molar-refractivity contribution in [3.8, 4) is 23.1 Å². The number of nitrogens with zero attached hydrogens (tertiary/aromatic N) is 5. The Morgan fingerprint density at radius 3 is 2.97 bits per heavy atom. The second-order valence-electron chi connectivity index (χ2n) is 7.04. The predicted molar refractivity (Wildman–Crippen MR) is 108 cm³/mol. The van der Waals surface area contributed by atoms with Crippen molar-refractivity contribution in [3.63, 3.8) is 0 Å². The maximum absolute atomic E-state index is 9.52. The van der Waals surface area contributed by atoms with Gasteiger partial charge in [0.2, 0.25) is 5.95 Å². The average Bonchev–Trinajstić information content (AvgIpc) is 3.14. The minimum absolute atomic E-state index is 0.0225. The third-order valence-electron chi connectivity index (χ3n) is 4.97. The van der Waals surface area contributed by atoms with Gasteiger partial charge >= 0.3 is 0 Å². The first-order valence-corrected chi connectivity index (χ1v) is 9.66. The lowest BCUT2D eigenvalue weighted by Gasteiger charge is -2.25. The molecule has 2 heterocycles. The summed E-state index contributed by atoms with van der Waals surface area (Å²) in [4.78, 5) is 8.78. The number of hydrogen-bond acceptors (Lipinski definition) is 7. The van der Waals surface area contributed by atoms with E-state index in [1.54, 1.807) is 35.4 Å². The summed E-state index contributed by atoms with van der Waals surface area (Å²) in [6.07, 6.45) is 8.76. The molecule has 1 fully saturated rings. The van der Waals surface area contributed by atoms with Gasteiger partial charge in [-0.1, -0.05) is 6.42 Å². The fourth-order valence-corrected chi connectivity index (χ4v) is 3.13. The third-order valence-corrected chi connectivity index (χ3v) is 4.97. The van der Waals surface area contributed by atoms with E-state index in [4.69, 9.17) is 9.84 Å². The molecule has 2 aromatic heterocycles. The molecular weight excluding hydrogens is 368 g/mol. The average molecular weight is 390 g/mol. The first-order valence-electron chi connectivity index (χ1n) is 9.66. The highest BCUT2D eigenvalue weighted by atomic mass is 16.5. The van der Waals surface area contributed by atoms with Gasteiger partial charge in [0.05, 0.1) is 42.9 Å². The van der Waals surface area contributed by atoms with Gasteiger partial charge < -0.3 is 15.2 Å². The Morgan fingerprint density at radius 1 is 1.31 bits per heavy atom. The summed E-state index contributed by atoms with van der Waals surface area (Å²) in [6, 6.07) is 9.55. The van der Waals surface area contributed by atoms with E-state index in [0.717, 1.165) is 11.3 Å². The van der Waals surface area contributed by atoms with Gasteiger partial charge in [0.1, 0.15) is 11.8 Å². The first kappa shape index (κ1) is 18.9. The summed E-state index contributed by atoms with van der Waals surface area (Å²) in [7, 11) is 0. The number of ether oxygens (including phenoxy) is 1. The number of nitrogens with one attached hydrogen (secondary N) is 1. The molecule has 3 aromatic rings. The maximum atomic E-state index is 9.52. The van der Waals surface area contributed by atoms with Gasteiger partial charge in [-0.3, -0.25) is 4.68 Å². The summed E-state index contributed by atoms with van der Waals surface area (Å²) < 4.78 is 7.49. The normalized spacial score (nSPS) is 13.5. The lowest BCUT2D eigenvalue weighted by Crippen LogP contribution is -2.19. The van der Waals surface area contributed by atoms with Crippen molar-refractivity contribution in [1.82, 2.24) is 19.7 Å². The smallest absolute Gasteiger partial charge is 0.227 e. The number of aromatic nitrogens is 4. The van der Waals surface area contributed by atoms with Crippen LogP contribution in [0.2, 0.25) is 0 Å². The molecule has 1 aliphatic rings. The molecule has 8 heteroatoms. The number of rotatable bonds is 8. The molecule has 0 spiro atoms. The Bertz CT molecular complexity index is 1020. The van der Waals surface area contributed by atoms with Crippen LogP contribution >= 0.6 is 0 Å². The van der Waals surface area contributed by atoms with E-state index in [1.807, 2.05) is 12.1 Å². The topological polar surface area (TPSA) is 109 Å². The number of hydrogen-bond donors (Lipinski definition) is 2. The zero-order valence-electron chi connectivity index (χ0n) is 16.0. The Balaban J connectivity index is 1.50. The van der Waals surface area contributed by atoms with Gasteiger partial charge in [0.15, 0.2) is 0 Å². The van der Waals surface area contributed by atoms with E-state index < -0.39 is 0 Å². The zero-order valence-corrected chi connectivity index (χ0v) is 16.0. The molecule has 0 aliphatic heterocycles. The molecule has 1 saturated carbocycles. The van der Waals surface area contributed by atoms with E-state index in [0.29, 0.717) is 42.0 Å². The fourth-order valence-electron chi connectivity index (χ4n) is 3.13. The summed E-state index contributed by atoms with van der Waals surface area (Å²) >= 11 is 0. The van der Waals surface area contributed by atoms with Crippen LogP contribution in [0.4, 0.5) is 11.6 Å². The SMILES string of the molecule is N#Cc1cc(-c2ccnc(Nc3cnn(CCO)c3)n2)ccc1OCC1CCC1. The van der Waals surface area contributed by atoms with Crippen molar-refractivity contribution in [2.75, 3.05) is 18.5 Å². The van der Waals surface area contributed by atoms with Crippen LogP contribution in [-0.2, 0) is 6.54 Å². The van der Waals surface area contributed by atoms with E-state index >= 15 is 0 Å². The summed E-state index contributed by atoms with van der Waals surface area (Å²) in [5, 5.41) is 25.7. The van der Waals surface area contributed by atoms with E-state index in [2.05, 4.69) is 26.5 Å². The molecule has 0 unspecified atom stereocenters. The van der Waals surface area contributed by atoms with Crippen LogP contribution in [0, 0.1) is 17.2 Å². The van der Waals surface area contributed by atoms with Gasteiger partial charge in [-0.2, -0.15) is 10.4 Å². The second kappa shape index (κ2) is 8.71. The van der Waals surface area contributed by atoms with Crippen molar-refractivity contribution in [3.05, 3.63) is 48.4 Å². The Labute approximate surface area is 168 Å². The van der Waals surface area contributed by atoms with Crippen LogP contribution in [0.5, 0.6) is 5.75 Å². The highest BCUT2D eigenvalue weighted by Crippen LogP contribution is 2.30. The molecule has 4 rings (SSSR count). The Hall–Kier alpha value is -3.44. The number of aliphatic hydroxyl groups excluding tert-OH is 1. The number of anilines is 2. The standard InChI is InChI=1S/C21H22N6O2/c22-11-17-10-16(4-5-20(17)29-14-15-2-1-3-15)19-6-7-23-21(26-19)25-18-12-24-27(13-18)8-9-28/h4-7,10,12-13,15,28H,1-3,8-9,14H2,(H,23,25,26). The molecule has 0 radical (unpaired) electrons. The molecule has 1 aromatic carbocycles. The van der Waals surface area contributed by atoms with Crippen molar-refractivity contribution < 1.29 is 9.84 Å². The molecular formula is C21H22N6O2. The lowest BCUT2D eigenvalue weighted by molar-refractivity contribution is 0.180. The lowest BCUT2D eigenvalue weighted by atomic mass is 9.86. The monoisotopic (exact) mass is 390 g/mol. The highest BCUT2D eigenvalue weighted by molar-refractivity contribution is 5.65. The number of benzene rings is 1. The van der Waals surface area contributed by atoms with Crippen molar-refractivity contribution >= 4 is 11.6 Å². The van der Waals surface area contributed by atoms with Gasteiger partial charge in [0.25, 0.3) is 0 Å². The third kappa shape index (κ3) is 4.52. The molecule has 0 amide bonds. The van der Waals surface area contributed by atoms with Gasteiger partial charge in [-0.25, -0.2) is 9.97 Å². The van der Waals surface area contributed by atoms with Crippen LogP contribution < -0.4 is 10.1 Å². The molecule has 2 N–H and O–H groups in total. The molecule has 148 valence electrons. The summed E-state index contributed by atoms with van der Waals surface area (Å²) in [6.45, 7) is 1.11. The van der Waals surface area contributed by atoms with Crippen molar-refractivity contribution in [2.24, 2.45) is 5.92 Å². The minimum atomic E-state index is 0.0225. The number of aliphatic hydroxyl groups is 1. The van der Waals surface area contributed by atoms with E-state index in [9.17, 15) is 5.26 Å². The fraction of sp³-hybridized carbons (Fsp3) is 0.333. The van der Waals surface area contributed by atoms with Crippen LogP contribution in [0.25, 0.3) is 11.3 Å². The summed E-state index contributed by atoms with van der Waals surface area (Å²) in [5.74, 6) is 1.65. The number of nitriles is 1. The predicted octanol–water partition coefficient (Wildman–Crippen LogP) is 3.13. The molecule has 0 saturated heterocycles. The quantitative estimate of drug-likeness (QED) is 0.608. The van der Waals surface area contributed by atoms with E-state index in [1.165, 1.54) is 19.3 Å². The van der Waals surface area contributed by atoms with Crippen LogP contribution in [0.3, 0.4) is 0 Å². The van der Waals surface area contributed by atoms with Crippen molar-refractivity contribution in [2.45, 2.75) is 25.8 Å². The van der Waals surface area contributed by atoms with Crippen LogP contribution in [-0.4, -0.2) is 38.1 Å².